The lowest BCUT2D eigenvalue weighted by Gasteiger charge is -2.10. The molecule has 70 valence electrons. The van der Waals surface area contributed by atoms with E-state index in [4.69, 9.17) is 10.8 Å². The largest absolute Gasteiger partial charge is 0.376 e. The Labute approximate surface area is 76.4 Å². The van der Waals surface area contributed by atoms with Crippen LogP contribution in [-0.4, -0.2) is 17.7 Å². The van der Waals surface area contributed by atoms with Crippen LogP contribution in [0.5, 0.6) is 0 Å². The van der Waals surface area contributed by atoms with Crippen LogP contribution in [0.2, 0.25) is 0 Å². The van der Waals surface area contributed by atoms with E-state index < -0.39 is 6.04 Å². The fraction of sp³-hybridized carbons (Fsp3) is 0.222. The predicted octanol–water partition coefficient (Wildman–Crippen LogP) is -0.248. The predicted molar refractivity (Wildman–Crippen MR) is 48.6 cm³/mol. The van der Waals surface area contributed by atoms with Gasteiger partial charge in [0.15, 0.2) is 0 Å². The van der Waals surface area contributed by atoms with E-state index in [2.05, 4.69) is 5.32 Å². The second-order valence-electron chi connectivity index (χ2n) is 2.59. The van der Waals surface area contributed by atoms with Gasteiger partial charge in [-0.25, -0.2) is 0 Å². The average molecular weight is 180 g/mol. The number of hydrogen-bond acceptors (Lipinski definition) is 3. The summed E-state index contributed by atoms with van der Waals surface area (Å²) in [5.41, 5.74) is 6.33. The van der Waals surface area contributed by atoms with Gasteiger partial charge in [-0.15, -0.1) is 0 Å². The Balaban J connectivity index is 2.68. The molecule has 1 aromatic rings. The highest BCUT2D eigenvalue weighted by Gasteiger charge is 2.13. The molecule has 0 radical (unpaired) electrons. The van der Waals surface area contributed by atoms with Gasteiger partial charge < -0.3 is 16.2 Å². The second-order valence-corrected chi connectivity index (χ2v) is 2.59. The first kappa shape index (κ1) is 9.70. The van der Waals surface area contributed by atoms with Gasteiger partial charge in [-0.3, -0.25) is 4.79 Å². The number of rotatable bonds is 3. The molecule has 4 N–H and O–H groups in total. The first-order valence-electron chi connectivity index (χ1n) is 3.95. The summed E-state index contributed by atoms with van der Waals surface area (Å²) in [6.07, 6.45) is 0. The molecule has 0 aromatic heterocycles. The molecule has 0 spiro atoms. The minimum absolute atomic E-state index is 0.381. The van der Waals surface area contributed by atoms with Crippen LogP contribution >= 0.6 is 0 Å². The number of hydrogen-bond donors (Lipinski definition) is 3. The summed E-state index contributed by atoms with van der Waals surface area (Å²) < 4.78 is 0. The molecule has 0 saturated heterocycles. The quantitative estimate of drug-likeness (QED) is 0.561. The Morgan fingerprint density at radius 1 is 1.46 bits per heavy atom. The normalized spacial score (nSPS) is 12.2. The third-order valence-corrected chi connectivity index (χ3v) is 1.69. The van der Waals surface area contributed by atoms with E-state index >= 15 is 0 Å². The van der Waals surface area contributed by atoms with Crippen LogP contribution in [0.1, 0.15) is 11.6 Å². The molecule has 0 saturated carbocycles. The molecule has 0 aliphatic carbocycles. The summed E-state index contributed by atoms with van der Waals surface area (Å²) in [6.45, 7) is -0.390. The molecular formula is C9H12N2O2. The van der Waals surface area contributed by atoms with Crippen molar-refractivity contribution in [1.82, 2.24) is 5.32 Å². The standard InChI is InChI=1S/C9H12N2O2/c10-8(9(13)11-6-12)7-4-2-1-3-5-7/h1-5,8,12H,6,10H2,(H,11,13). The molecule has 1 aromatic carbocycles. The van der Waals surface area contributed by atoms with Gasteiger partial charge >= 0.3 is 0 Å². The summed E-state index contributed by atoms with van der Waals surface area (Å²) >= 11 is 0. The maximum Gasteiger partial charge on any atom is 0.243 e. The first-order chi connectivity index (χ1) is 6.25. The zero-order chi connectivity index (χ0) is 9.68. The van der Waals surface area contributed by atoms with Gasteiger partial charge in [0.2, 0.25) is 5.91 Å². The maximum atomic E-state index is 11.1. The van der Waals surface area contributed by atoms with Crippen LogP contribution in [0, 0.1) is 0 Å². The number of aliphatic hydroxyl groups is 1. The van der Waals surface area contributed by atoms with Gasteiger partial charge in [0.05, 0.1) is 0 Å². The fourth-order valence-electron chi connectivity index (χ4n) is 1.000. The first-order valence-corrected chi connectivity index (χ1v) is 3.95. The lowest BCUT2D eigenvalue weighted by molar-refractivity contribution is -0.123. The SMILES string of the molecule is NC(C(=O)NCO)c1ccccc1. The molecule has 1 amide bonds. The Morgan fingerprint density at radius 3 is 2.62 bits per heavy atom. The van der Waals surface area contributed by atoms with Crippen molar-refractivity contribution in [2.75, 3.05) is 6.73 Å². The maximum absolute atomic E-state index is 11.1. The van der Waals surface area contributed by atoms with Crippen LogP contribution in [0.15, 0.2) is 30.3 Å². The third kappa shape index (κ3) is 2.54. The van der Waals surface area contributed by atoms with Crippen LogP contribution in [0.4, 0.5) is 0 Å². The van der Waals surface area contributed by atoms with Crippen molar-refractivity contribution in [1.29, 1.82) is 0 Å². The molecule has 13 heavy (non-hydrogen) atoms. The Morgan fingerprint density at radius 2 is 2.08 bits per heavy atom. The molecule has 4 nitrogen and oxygen atoms in total. The van der Waals surface area contributed by atoms with Gasteiger partial charge in [-0.2, -0.15) is 0 Å². The molecule has 1 rings (SSSR count). The summed E-state index contributed by atoms with van der Waals surface area (Å²) in [5, 5.41) is 10.7. The molecule has 0 heterocycles. The van der Waals surface area contributed by atoms with Crippen LogP contribution in [0.25, 0.3) is 0 Å². The van der Waals surface area contributed by atoms with Gasteiger partial charge in [0.25, 0.3) is 0 Å². The monoisotopic (exact) mass is 180 g/mol. The molecule has 0 aliphatic rings. The lowest BCUT2D eigenvalue weighted by atomic mass is 10.1. The Bertz CT molecular complexity index is 274. The number of nitrogens with two attached hydrogens (primary N) is 1. The number of carbonyl (C=O) groups excluding carboxylic acids is 1. The van der Waals surface area contributed by atoms with Crippen molar-refractivity contribution in [3.8, 4) is 0 Å². The molecule has 0 fully saturated rings. The molecular weight excluding hydrogens is 168 g/mol. The highest BCUT2D eigenvalue weighted by atomic mass is 16.3. The number of benzene rings is 1. The molecule has 4 heteroatoms. The fourth-order valence-corrected chi connectivity index (χ4v) is 1.000. The highest BCUT2D eigenvalue weighted by Crippen LogP contribution is 2.08. The molecule has 1 unspecified atom stereocenters. The highest BCUT2D eigenvalue weighted by molar-refractivity contribution is 5.82. The van der Waals surface area contributed by atoms with Gasteiger partial charge in [-0.1, -0.05) is 30.3 Å². The van der Waals surface area contributed by atoms with E-state index in [1.807, 2.05) is 6.07 Å². The zero-order valence-corrected chi connectivity index (χ0v) is 7.10. The summed E-state index contributed by atoms with van der Waals surface area (Å²) in [6, 6.07) is 8.28. The minimum Gasteiger partial charge on any atom is -0.376 e. The van der Waals surface area contributed by atoms with Crippen LogP contribution in [0.3, 0.4) is 0 Å². The second kappa shape index (κ2) is 4.59. The van der Waals surface area contributed by atoms with Gasteiger partial charge in [-0.05, 0) is 5.56 Å². The van der Waals surface area contributed by atoms with Crippen molar-refractivity contribution in [2.24, 2.45) is 5.73 Å². The number of carbonyl (C=O) groups is 1. The summed E-state index contributed by atoms with van der Waals surface area (Å²) in [5.74, 6) is -0.381. The van der Waals surface area contributed by atoms with E-state index in [1.165, 1.54) is 0 Å². The van der Waals surface area contributed by atoms with E-state index in [0.717, 1.165) is 5.56 Å². The van der Waals surface area contributed by atoms with Crippen molar-refractivity contribution < 1.29 is 9.90 Å². The van der Waals surface area contributed by atoms with E-state index in [9.17, 15) is 4.79 Å². The van der Waals surface area contributed by atoms with Crippen molar-refractivity contribution >= 4 is 5.91 Å². The molecule has 1 atom stereocenters. The van der Waals surface area contributed by atoms with Crippen molar-refractivity contribution in [3.63, 3.8) is 0 Å². The smallest absolute Gasteiger partial charge is 0.243 e. The summed E-state index contributed by atoms with van der Waals surface area (Å²) in [4.78, 5) is 11.1. The van der Waals surface area contributed by atoms with E-state index in [0.29, 0.717) is 0 Å². The van der Waals surface area contributed by atoms with Crippen molar-refractivity contribution in [2.45, 2.75) is 6.04 Å². The van der Waals surface area contributed by atoms with Crippen LogP contribution < -0.4 is 11.1 Å². The average Bonchev–Trinajstić information content (AvgIpc) is 2.18. The van der Waals surface area contributed by atoms with Gasteiger partial charge in [0, 0.05) is 0 Å². The number of nitrogens with one attached hydrogen (secondary N) is 1. The third-order valence-electron chi connectivity index (χ3n) is 1.69. The topological polar surface area (TPSA) is 75.4 Å². The van der Waals surface area contributed by atoms with Gasteiger partial charge in [0.1, 0.15) is 12.8 Å². The van der Waals surface area contributed by atoms with Crippen molar-refractivity contribution in [3.05, 3.63) is 35.9 Å². The van der Waals surface area contributed by atoms with E-state index in [1.54, 1.807) is 24.3 Å². The number of aliphatic hydroxyl groups excluding tert-OH is 1. The summed E-state index contributed by atoms with van der Waals surface area (Å²) in [7, 11) is 0. The zero-order valence-electron chi connectivity index (χ0n) is 7.10. The van der Waals surface area contributed by atoms with E-state index in [-0.39, 0.29) is 12.6 Å². The molecule has 0 aliphatic heterocycles. The Kier molecular flexibility index (Phi) is 3.42. The Hall–Kier alpha value is -1.39. The van der Waals surface area contributed by atoms with Crippen LogP contribution in [-0.2, 0) is 4.79 Å². The molecule has 0 bridgehead atoms. The number of amides is 1. The lowest BCUT2D eigenvalue weighted by Crippen LogP contribution is -2.34. The minimum atomic E-state index is -0.714.